The Labute approximate surface area is 185 Å². The maximum Gasteiger partial charge on any atom is 0.243 e. The third-order valence-corrected chi connectivity index (χ3v) is 7.62. The second-order valence-electron chi connectivity index (χ2n) is 7.63. The average Bonchev–Trinajstić information content (AvgIpc) is 2.78. The normalized spacial score (nSPS) is 12.8. The zero-order valence-electron chi connectivity index (χ0n) is 18.3. The van der Waals surface area contributed by atoms with Crippen LogP contribution in [-0.4, -0.2) is 31.7 Å². The van der Waals surface area contributed by atoms with Gasteiger partial charge in [0.05, 0.1) is 10.9 Å². The Kier molecular flexibility index (Phi) is 7.46. The van der Waals surface area contributed by atoms with Crippen LogP contribution in [-0.2, 0) is 21.2 Å². The molecule has 3 rings (SSSR count). The summed E-state index contributed by atoms with van der Waals surface area (Å²) in [5.74, 6) is -0.0273. The van der Waals surface area contributed by atoms with Gasteiger partial charge in [-0.1, -0.05) is 62.4 Å². The number of nitrogens with one attached hydrogen (secondary N) is 1. The van der Waals surface area contributed by atoms with E-state index in [2.05, 4.69) is 29.6 Å². The van der Waals surface area contributed by atoms with E-state index in [0.29, 0.717) is 25.9 Å². The average molecular weight is 439 g/mol. The number of carbonyl (C=O) groups is 1. The quantitative estimate of drug-likeness (QED) is 0.527. The predicted octanol–water partition coefficient (Wildman–Crippen LogP) is 4.68. The number of fused-ring (bicyclic) bond motifs is 1. The van der Waals surface area contributed by atoms with Crippen LogP contribution in [0.4, 0.5) is 0 Å². The number of hydrogen-bond acceptors (Lipinski definition) is 3. The van der Waals surface area contributed by atoms with Gasteiger partial charge in [0.25, 0.3) is 0 Å². The highest BCUT2D eigenvalue weighted by molar-refractivity contribution is 7.89. The van der Waals surface area contributed by atoms with Crippen molar-refractivity contribution in [2.24, 2.45) is 0 Å². The number of carbonyl (C=O) groups excluding carboxylic acids is 1. The molecule has 0 bridgehead atoms. The van der Waals surface area contributed by atoms with Crippen LogP contribution in [0, 0.1) is 0 Å². The monoisotopic (exact) mass is 438 g/mol. The fourth-order valence-electron chi connectivity index (χ4n) is 3.67. The van der Waals surface area contributed by atoms with E-state index in [1.807, 2.05) is 39.0 Å². The first-order valence-electron chi connectivity index (χ1n) is 10.7. The van der Waals surface area contributed by atoms with Crippen molar-refractivity contribution in [3.05, 3.63) is 77.9 Å². The molecule has 0 heterocycles. The summed E-state index contributed by atoms with van der Waals surface area (Å²) in [7, 11) is -3.46. The number of rotatable bonds is 9. The minimum atomic E-state index is -3.46. The topological polar surface area (TPSA) is 66.5 Å². The van der Waals surface area contributed by atoms with E-state index in [-0.39, 0.29) is 16.8 Å². The molecule has 1 atom stereocenters. The summed E-state index contributed by atoms with van der Waals surface area (Å²) in [6.07, 6.45) is 0.905. The molecular weight excluding hydrogens is 408 g/mol. The molecular formula is C25H30N2O3S. The summed E-state index contributed by atoms with van der Waals surface area (Å²) < 4.78 is 26.6. The van der Waals surface area contributed by atoms with Crippen molar-refractivity contribution < 1.29 is 13.2 Å². The van der Waals surface area contributed by atoms with Gasteiger partial charge in [0, 0.05) is 19.5 Å². The van der Waals surface area contributed by atoms with Crippen LogP contribution in [0.3, 0.4) is 0 Å². The summed E-state index contributed by atoms with van der Waals surface area (Å²) in [6, 6.07) is 21.1. The lowest BCUT2D eigenvalue weighted by Crippen LogP contribution is -2.30. The van der Waals surface area contributed by atoms with Crippen molar-refractivity contribution in [1.82, 2.24) is 9.62 Å². The Balaban J connectivity index is 1.57. The number of amides is 1. The molecule has 0 aliphatic rings. The highest BCUT2D eigenvalue weighted by Gasteiger charge is 2.21. The third-order valence-electron chi connectivity index (χ3n) is 5.56. The fraction of sp³-hybridized carbons (Fsp3) is 0.320. The van der Waals surface area contributed by atoms with Crippen LogP contribution < -0.4 is 5.32 Å². The Morgan fingerprint density at radius 2 is 1.58 bits per heavy atom. The van der Waals surface area contributed by atoms with E-state index in [0.717, 1.165) is 16.5 Å². The summed E-state index contributed by atoms with van der Waals surface area (Å²) in [5, 5.41) is 5.39. The van der Waals surface area contributed by atoms with Crippen LogP contribution in [0.15, 0.2) is 71.6 Å². The van der Waals surface area contributed by atoms with Crippen molar-refractivity contribution in [2.75, 3.05) is 13.1 Å². The molecule has 0 aliphatic heterocycles. The number of sulfonamides is 1. The molecule has 0 aliphatic carbocycles. The Bertz CT molecular complexity index is 1140. The van der Waals surface area contributed by atoms with E-state index in [1.54, 1.807) is 24.3 Å². The van der Waals surface area contributed by atoms with Gasteiger partial charge in [-0.2, -0.15) is 4.31 Å². The molecule has 0 radical (unpaired) electrons. The molecule has 3 aromatic carbocycles. The number of benzene rings is 3. The molecule has 0 saturated carbocycles. The maximum atomic E-state index is 12.6. The fourth-order valence-corrected chi connectivity index (χ4v) is 5.13. The molecule has 0 fully saturated rings. The Morgan fingerprint density at radius 3 is 2.23 bits per heavy atom. The molecule has 31 heavy (non-hydrogen) atoms. The second-order valence-corrected chi connectivity index (χ2v) is 9.57. The largest absolute Gasteiger partial charge is 0.350 e. The van der Waals surface area contributed by atoms with Crippen LogP contribution in [0.1, 0.15) is 44.4 Å². The molecule has 6 heteroatoms. The van der Waals surface area contributed by atoms with Crippen molar-refractivity contribution in [3.8, 4) is 0 Å². The lowest BCUT2D eigenvalue weighted by atomic mass is 10.0. The number of hydrogen-bond donors (Lipinski definition) is 1. The molecule has 5 nitrogen and oxygen atoms in total. The first-order valence-corrected chi connectivity index (χ1v) is 12.2. The van der Waals surface area contributed by atoms with Gasteiger partial charge in [0.2, 0.25) is 15.9 Å². The Hall–Kier alpha value is -2.70. The molecule has 1 amide bonds. The van der Waals surface area contributed by atoms with Crippen LogP contribution in [0.25, 0.3) is 10.8 Å². The zero-order valence-corrected chi connectivity index (χ0v) is 19.2. The SMILES string of the molecule is CCN(CC)S(=O)(=O)c1ccc(CCC(=O)NC(C)c2ccc3ccccc3c2)cc1. The van der Waals surface area contributed by atoms with Crippen molar-refractivity contribution in [3.63, 3.8) is 0 Å². The summed E-state index contributed by atoms with van der Waals surface area (Å²) in [4.78, 5) is 12.7. The minimum absolute atomic E-state index is 0.0273. The lowest BCUT2D eigenvalue weighted by Gasteiger charge is -2.18. The third kappa shape index (κ3) is 5.51. The Morgan fingerprint density at radius 1 is 0.935 bits per heavy atom. The number of aryl methyl sites for hydroxylation is 1. The van der Waals surface area contributed by atoms with Gasteiger partial charge in [-0.25, -0.2) is 8.42 Å². The van der Waals surface area contributed by atoms with Crippen LogP contribution >= 0.6 is 0 Å². The highest BCUT2D eigenvalue weighted by atomic mass is 32.2. The summed E-state index contributed by atoms with van der Waals surface area (Å²) in [5.41, 5.74) is 2.00. The first kappa shape index (κ1) is 23.0. The smallest absolute Gasteiger partial charge is 0.243 e. The molecule has 0 spiro atoms. The van der Waals surface area contributed by atoms with Gasteiger partial charge in [-0.05, 0) is 53.4 Å². The molecule has 1 unspecified atom stereocenters. The second kappa shape index (κ2) is 10.1. The van der Waals surface area contributed by atoms with Crippen LogP contribution in [0.5, 0.6) is 0 Å². The summed E-state index contributed by atoms with van der Waals surface area (Å²) in [6.45, 7) is 6.51. The van der Waals surface area contributed by atoms with Crippen molar-refractivity contribution in [2.45, 2.75) is 44.6 Å². The van der Waals surface area contributed by atoms with Crippen molar-refractivity contribution in [1.29, 1.82) is 0 Å². The number of nitrogens with zero attached hydrogens (tertiary/aromatic N) is 1. The molecule has 164 valence electrons. The van der Waals surface area contributed by atoms with Gasteiger partial charge >= 0.3 is 0 Å². The maximum absolute atomic E-state index is 12.6. The van der Waals surface area contributed by atoms with E-state index >= 15 is 0 Å². The van der Waals surface area contributed by atoms with Gasteiger partial charge in [-0.3, -0.25) is 4.79 Å². The zero-order chi connectivity index (χ0) is 22.4. The van der Waals surface area contributed by atoms with Crippen molar-refractivity contribution >= 4 is 26.7 Å². The highest BCUT2D eigenvalue weighted by Crippen LogP contribution is 2.21. The van der Waals surface area contributed by atoms with E-state index < -0.39 is 10.0 Å². The van der Waals surface area contributed by atoms with Crippen LogP contribution in [0.2, 0.25) is 0 Å². The summed E-state index contributed by atoms with van der Waals surface area (Å²) >= 11 is 0. The molecule has 1 N–H and O–H groups in total. The van der Waals surface area contributed by atoms with E-state index in [1.165, 1.54) is 9.69 Å². The van der Waals surface area contributed by atoms with Gasteiger partial charge in [0.15, 0.2) is 0 Å². The first-order chi connectivity index (χ1) is 14.8. The van der Waals surface area contributed by atoms with Gasteiger partial charge < -0.3 is 5.32 Å². The molecule has 0 aromatic heterocycles. The molecule has 3 aromatic rings. The minimum Gasteiger partial charge on any atom is -0.350 e. The predicted molar refractivity (Wildman–Crippen MR) is 125 cm³/mol. The lowest BCUT2D eigenvalue weighted by molar-refractivity contribution is -0.121. The standard InChI is InChI=1S/C25H30N2O3S/c1-4-27(5-2)31(29,30)24-15-10-20(11-16-24)12-17-25(28)26-19(3)22-14-13-21-8-6-7-9-23(21)18-22/h6-11,13-16,18-19H,4-5,12,17H2,1-3H3,(H,26,28). The van der Waals surface area contributed by atoms with E-state index in [4.69, 9.17) is 0 Å². The van der Waals surface area contributed by atoms with Gasteiger partial charge in [0.1, 0.15) is 0 Å². The van der Waals surface area contributed by atoms with E-state index in [9.17, 15) is 13.2 Å². The molecule has 0 saturated heterocycles. The van der Waals surface area contributed by atoms with Gasteiger partial charge in [-0.15, -0.1) is 0 Å².